The van der Waals surface area contributed by atoms with Gasteiger partial charge < -0.3 is 5.11 Å². The Morgan fingerprint density at radius 1 is 1.14 bits per heavy atom. The predicted octanol–water partition coefficient (Wildman–Crippen LogP) is 3.71. The summed E-state index contributed by atoms with van der Waals surface area (Å²) < 4.78 is 0. The molecule has 0 saturated carbocycles. The van der Waals surface area contributed by atoms with Gasteiger partial charge in [-0.15, -0.1) is 0 Å². The number of benzene rings is 1. The van der Waals surface area contributed by atoms with Gasteiger partial charge in [-0.2, -0.15) is 11.3 Å². The highest BCUT2D eigenvalue weighted by atomic mass is 32.1. The quantitative estimate of drug-likeness (QED) is 0.910. The van der Waals surface area contributed by atoms with Gasteiger partial charge in [0, 0.05) is 13.1 Å². The summed E-state index contributed by atoms with van der Waals surface area (Å²) in [7, 11) is 0. The first-order chi connectivity index (χ1) is 10.2. The van der Waals surface area contributed by atoms with E-state index in [1.165, 1.54) is 11.1 Å². The lowest BCUT2D eigenvalue weighted by Gasteiger charge is -2.39. The van der Waals surface area contributed by atoms with Gasteiger partial charge in [-0.3, -0.25) is 4.90 Å². The monoisotopic (exact) mass is 301 g/mol. The van der Waals surface area contributed by atoms with E-state index in [1.807, 2.05) is 0 Å². The van der Waals surface area contributed by atoms with Crippen LogP contribution in [-0.2, 0) is 13.0 Å². The van der Waals surface area contributed by atoms with Crippen LogP contribution in [0.5, 0.6) is 0 Å². The lowest BCUT2D eigenvalue weighted by molar-refractivity contribution is -0.0389. The number of hydrogen-bond acceptors (Lipinski definition) is 3. The molecule has 1 unspecified atom stereocenters. The molecule has 21 heavy (non-hydrogen) atoms. The third-order valence-corrected chi connectivity index (χ3v) is 5.07. The lowest BCUT2D eigenvalue weighted by atomic mass is 9.87. The van der Waals surface area contributed by atoms with Crippen LogP contribution in [0.15, 0.2) is 47.2 Å². The second-order valence-corrected chi connectivity index (χ2v) is 6.94. The van der Waals surface area contributed by atoms with Gasteiger partial charge in [-0.1, -0.05) is 30.3 Å². The molecular formula is C18H23NOS. The zero-order valence-corrected chi connectivity index (χ0v) is 13.2. The van der Waals surface area contributed by atoms with Crippen LogP contribution in [-0.4, -0.2) is 28.7 Å². The summed E-state index contributed by atoms with van der Waals surface area (Å²) in [5.41, 5.74) is 2.17. The molecule has 0 spiro atoms. The van der Waals surface area contributed by atoms with Crippen molar-refractivity contribution in [3.05, 3.63) is 58.3 Å². The minimum absolute atomic E-state index is 0.519. The van der Waals surface area contributed by atoms with E-state index >= 15 is 0 Å². The number of piperidine rings is 1. The maximum Gasteiger partial charge on any atom is 0.0777 e. The van der Waals surface area contributed by atoms with Crippen LogP contribution >= 0.6 is 11.3 Å². The number of rotatable bonds is 5. The number of nitrogens with zero attached hydrogens (tertiary/aromatic N) is 1. The molecule has 1 aliphatic rings. The Labute approximate surface area is 131 Å². The van der Waals surface area contributed by atoms with Crippen molar-refractivity contribution in [3.8, 4) is 0 Å². The Morgan fingerprint density at radius 2 is 2.00 bits per heavy atom. The van der Waals surface area contributed by atoms with Gasteiger partial charge in [0.15, 0.2) is 0 Å². The fourth-order valence-electron chi connectivity index (χ4n) is 3.20. The van der Waals surface area contributed by atoms with E-state index < -0.39 is 5.60 Å². The Morgan fingerprint density at radius 3 is 2.76 bits per heavy atom. The molecule has 1 aromatic heterocycles. The minimum Gasteiger partial charge on any atom is -0.389 e. The van der Waals surface area contributed by atoms with Gasteiger partial charge in [0.1, 0.15) is 0 Å². The highest BCUT2D eigenvalue weighted by Gasteiger charge is 2.32. The Balaban J connectivity index is 1.56. The molecule has 0 bridgehead atoms. The number of hydrogen-bond donors (Lipinski definition) is 1. The van der Waals surface area contributed by atoms with Crippen LogP contribution in [0.1, 0.15) is 30.4 Å². The van der Waals surface area contributed by atoms with Crippen molar-refractivity contribution in [3.63, 3.8) is 0 Å². The summed E-state index contributed by atoms with van der Waals surface area (Å²) in [6.07, 6.45) is 3.88. The SMILES string of the molecule is OC1(CCc2ccsc2)CCCN(Cc2ccccc2)C1. The van der Waals surface area contributed by atoms with Gasteiger partial charge in [-0.25, -0.2) is 0 Å². The molecule has 3 heteroatoms. The first-order valence-electron chi connectivity index (χ1n) is 7.73. The number of likely N-dealkylation sites (tertiary alicyclic amines) is 1. The van der Waals surface area contributed by atoms with Gasteiger partial charge in [0.25, 0.3) is 0 Å². The standard InChI is InChI=1S/C18H23NOS/c20-18(10-7-17-8-12-21-14-17)9-4-11-19(15-18)13-16-5-2-1-3-6-16/h1-3,5-6,8,12,14,20H,4,7,9-11,13,15H2. The maximum atomic E-state index is 10.9. The molecule has 1 fully saturated rings. The average Bonchev–Trinajstić information content (AvgIpc) is 3.00. The highest BCUT2D eigenvalue weighted by molar-refractivity contribution is 7.07. The smallest absolute Gasteiger partial charge is 0.0777 e. The second kappa shape index (κ2) is 6.73. The van der Waals surface area contributed by atoms with Crippen molar-refractivity contribution in [2.24, 2.45) is 0 Å². The molecule has 2 nitrogen and oxygen atoms in total. The third kappa shape index (κ3) is 4.16. The van der Waals surface area contributed by atoms with E-state index in [2.05, 4.69) is 52.1 Å². The molecule has 2 aromatic rings. The topological polar surface area (TPSA) is 23.5 Å². The van der Waals surface area contributed by atoms with Gasteiger partial charge in [0.2, 0.25) is 0 Å². The summed E-state index contributed by atoms with van der Waals surface area (Å²) in [6, 6.07) is 12.7. The van der Waals surface area contributed by atoms with E-state index in [9.17, 15) is 5.11 Å². The van der Waals surface area contributed by atoms with Crippen LogP contribution in [0.3, 0.4) is 0 Å². The van der Waals surface area contributed by atoms with E-state index in [-0.39, 0.29) is 0 Å². The van der Waals surface area contributed by atoms with E-state index in [0.29, 0.717) is 0 Å². The van der Waals surface area contributed by atoms with Gasteiger partial charge in [0.05, 0.1) is 5.60 Å². The summed E-state index contributed by atoms with van der Waals surface area (Å²) in [4.78, 5) is 2.40. The first-order valence-corrected chi connectivity index (χ1v) is 8.68. The lowest BCUT2D eigenvalue weighted by Crippen LogP contribution is -2.47. The van der Waals surface area contributed by atoms with Crippen LogP contribution in [0.2, 0.25) is 0 Å². The van der Waals surface area contributed by atoms with Crippen molar-refractivity contribution in [1.82, 2.24) is 4.90 Å². The normalized spacial score (nSPS) is 23.3. The van der Waals surface area contributed by atoms with Crippen molar-refractivity contribution < 1.29 is 5.11 Å². The van der Waals surface area contributed by atoms with Gasteiger partial charge in [-0.05, 0) is 60.2 Å². The second-order valence-electron chi connectivity index (χ2n) is 6.16. The summed E-state index contributed by atoms with van der Waals surface area (Å²) in [6.45, 7) is 2.84. The molecule has 1 aliphatic heterocycles. The number of β-amino-alcohol motifs (C(OH)–C–C–N with tert-alkyl or cyclic N) is 1. The Bertz CT molecular complexity index is 540. The molecule has 0 amide bonds. The molecule has 1 saturated heterocycles. The zero-order chi connectivity index (χ0) is 14.5. The van der Waals surface area contributed by atoms with Crippen LogP contribution in [0, 0.1) is 0 Å². The van der Waals surface area contributed by atoms with E-state index in [4.69, 9.17) is 0 Å². The first kappa shape index (κ1) is 14.8. The van der Waals surface area contributed by atoms with Crippen molar-refractivity contribution in [1.29, 1.82) is 0 Å². The zero-order valence-electron chi connectivity index (χ0n) is 12.4. The van der Waals surface area contributed by atoms with Crippen molar-refractivity contribution in [2.75, 3.05) is 13.1 Å². The fourth-order valence-corrected chi connectivity index (χ4v) is 3.90. The molecule has 0 radical (unpaired) electrons. The number of aryl methyl sites for hydroxylation is 1. The largest absolute Gasteiger partial charge is 0.389 e. The fraction of sp³-hybridized carbons (Fsp3) is 0.444. The van der Waals surface area contributed by atoms with Gasteiger partial charge >= 0.3 is 0 Å². The maximum absolute atomic E-state index is 10.9. The molecule has 3 rings (SSSR count). The number of aliphatic hydroxyl groups is 1. The average molecular weight is 301 g/mol. The minimum atomic E-state index is -0.519. The van der Waals surface area contributed by atoms with Crippen molar-refractivity contribution >= 4 is 11.3 Å². The third-order valence-electron chi connectivity index (χ3n) is 4.34. The number of thiophene rings is 1. The molecule has 1 atom stereocenters. The molecule has 0 aliphatic carbocycles. The highest BCUT2D eigenvalue weighted by Crippen LogP contribution is 2.27. The van der Waals surface area contributed by atoms with Crippen molar-refractivity contribution in [2.45, 2.75) is 37.8 Å². The molecular weight excluding hydrogens is 278 g/mol. The predicted molar refractivity (Wildman–Crippen MR) is 88.5 cm³/mol. The Kier molecular flexibility index (Phi) is 4.73. The molecule has 1 N–H and O–H groups in total. The summed E-state index contributed by atoms with van der Waals surface area (Å²) in [5.74, 6) is 0. The Hall–Kier alpha value is -1.16. The summed E-state index contributed by atoms with van der Waals surface area (Å²) in [5, 5.41) is 15.2. The van der Waals surface area contributed by atoms with E-state index in [0.717, 1.165) is 45.3 Å². The van der Waals surface area contributed by atoms with Crippen LogP contribution in [0.25, 0.3) is 0 Å². The van der Waals surface area contributed by atoms with Crippen LogP contribution < -0.4 is 0 Å². The molecule has 1 aromatic carbocycles. The summed E-state index contributed by atoms with van der Waals surface area (Å²) >= 11 is 1.74. The van der Waals surface area contributed by atoms with Crippen LogP contribution in [0.4, 0.5) is 0 Å². The van der Waals surface area contributed by atoms with E-state index in [1.54, 1.807) is 11.3 Å². The molecule has 2 heterocycles. The molecule has 112 valence electrons.